The van der Waals surface area contributed by atoms with Crippen molar-refractivity contribution in [3.63, 3.8) is 0 Å². The van der Waals surface area contributed by atoms with Crippen molar-refractivity contribution in [2.45, 2.75) is 12.5 Å². The third kappa shape index (κ3) is 3.02. The van der Waals surface area contributed by atoms with Crippen molar-refractivity contribution in [3.05, 3.63) is 99.7 Å². The Balaban J connectivity index is 1.55. The Hall–Kier alpha value is -3.67. The molecule has 0 radical (unpaired) electrons. The molecule has 1 aliphatic rings. The van der Waals surface area contributed by atoms with Crippen LogP contribution < -0.4 is 5.43 Å². The molecular formula is C23H19N3O3. The Morgan fingerprint density at radius 1 is 1.14 bits per heavy atom. The molecule has 2 aromatic carbocycles. The third-order valence-corrected chi connectivity index (χ3v) is 5.45. The smallest absolute Gasteiger partial charge is 0.290 e. The lowest BCUT2D eigenvalue weighted by molar-refractivity contribution is 0.0693. The van der Waals surface area contributed by atoms with Gasteiger partial charge in [-0.15, -0.1) is 0 Å². The first-order valence-corrected chi connectivity index (χ1v) is 9.48. The number of para-hydroxylation sites is 1. The second-order valence-corrected chi connectivity index (χ2v) is 7.36. The molecule has 0 N–H and O–H groups in total. The van der Waals surface area contributed by atoms with Gasteiger partial charge in [0.25, 0.3) is 5.91 Å². The van der Waals surface area contributed by atoms with E-state index in [1.54, 1.807) is 33.8 Å². The zero-order chi connectivity index (χ0) is 20.0. The van der Waals surface area contributed by atoms with E-state index < -0.39 is 0 Å². The number of hydrogen-bond acceptors (Lipinski definition) is 4. The van der Waals surface area contributed by atoms with Crippen molar-refractivity contribution in [2.24, 2.45) is 7.05 Å². The van der Waals surface area contributed by atoms with Gasteiger partial charge in [0.2, 0.25) is 0 Å². The van der Waals surface area contributed by atoms with E-state index in [1.807, 2.05) is 37.6 Å². The summed E-state index contributed by atoms with van der Waals surface area (Å²) in [6, 6.07) is 16.4. The standard InChI is InChI=1S/C23H19N3O3/c1-25-12-16(11-24-25)19-14-26(13-15-6-2-3-7-17(15)19)23(28)22-10-20(27)18-8-4-5-9-21(18)29-22/h2-12,19H,13-14H2,1H3/t19-/m0/s1. The Morgan fingerprint density at radius 2 is 1.93 bits per heavy atom. The molecule has 3 heterocycles. The highest BCUT2D eigenvalue weighted by Crippen LogP contribution is 2.34. The van der Waals surface area contributed by atoms with Gasteiger partial charge < -0.3 is 9.32 Å². The second-order valence-electron chi connectivity index (χ2n) is 7.36. The maximum Gasteiger partial charge on any atom is 0.290 e. The van der Waals surface area contributed by atoms with Crippen molar-refractivity contribution in [2.75, 3.05) is 6.54 Å². The highest BCUT2D eigenvalue weighted by Gasteiger charge is 2.31. The van der Waals surface area contributed by atoms with Crippen molar-refractivity contribution in [1.82, 2.24) is 14.7 Å². The summed E-state index contributed by atoms with van der Waals surface area (Å²) in [6.07, 6.45) is 3.82. The van der Waals surface area contributed by atoms with E-state index in [-0.39, 0.29) is 23.0 Å². The number of nitrogens with zero attached hydrogens (tertiary/aromatic N) is 3. The van der Waals surface area contributed by atoms with E-state index in [9.17, 15) is 9.59 Å². The van der Waals surface area contributed by atoms with Crippen LogP contribution in [0.5, 0.6) is 0 Å². The molecule has 0 fully saturated rings. The topological polar surface area (TPSA) is 68.3 Å². The van der Waals surface area contributed by atoms with E-state index >= 15 is 0 Å². The fourth-order valence-corrected chi connectivity index (χ4v) is 4.03. The fraction of sp³-hybridized carbons (Fsp3) is 0.174. The predicted octanol–water partition coefficient (Wildman–Crippen LogP) is 3.31. The summed E-state index contributed by atoms with van der Waals surface area (Å²) in [4.78, 5) is 27.4. The minimum Gasteiger partial charge on any atom is -0.451 e. The number of rotatable bonds is 2. The molecule has 0 aliphatic carbocycles. The molecule has 6 heteroatoms. The van der Waals surface area contributed by atoms with Gasteiger partial charge in [-0.05, 0) is 28.8 Å². The molecule has 0 saturated heterocycles. The van der Waals surface area contributed by atoms with Gasteiger partial charge in [-0.2, -0.15) is 5.10 Å². The first-order valence-electron chi connectivity index (χ1n) is 9.48. The summed E-state index contributed by atoms with van der Waals surface area (Å²) in [5, 5.41) is 4.77. The van der Waals surface area contributed by atoms with Crippen molar-refractivity contribution >= 4 is 16.9 Å². The van der Waals surface area contributed by atoms with Gasteiger partial charge >= 0.3 is 0 Å². The summed E-state index contributed by atoms with van der Waals surface area (Å²) in [5.74, 6) is -0.195. The SMILES string of the molecule is Cn1cc([C@@H]2CN(C(=O)c3cc(=O)c4ccccc4o3)Cc3ccccc32)cn1. The lowest BCUT2D eigenvalue weighted by Gasteiger charge is -2.34. The monoisotopic (exact) mass is 385 g/mol. The van der Waals surface area contributed by atoms with Gasteiger partial charge in [-0.1, -0.05) is 36.4 Å². The van der Waals surface area contributed by atoms with E-state index in [4.69, 9.17) is 4.42 Å². The number of aromatic nitrogens is 2. The molecular weight excluding hydrogens is 366 g/mol. The maximum absolute atomic E-state index is 13.3. The first-order chi connectivity index (χ1) is 14.1. The average molecular weight is 385 g/mol. The van der Waals surface area contributed by atoms with Crippen LogP contribution in [-0.2, 0) is 13.6 Å². The highest BCUT2D eigenvalue weighted by atomic mass is 16.3. The number of hydrogen-bond donors (Lipinski definition) is 0. The van der Waals surface area contributed by atoms with Gasteiger partial charge in [0.05, 0.1) is 11.6 Å². The maximum atomic E-state index is 13.3. The van der Waals surface area contributed by atoms with Crippen molar-refractivity contribution in [1.29, 1.82) is 0 Å². The number of carbonyl (C=O) groups excluding carboxylic acids is 1. The van der Waals surface area contributed by atoms with Gasteiger partial charge in [0, 0.05) is 38.3 Å². The molecule has 0 unspecified atom stereocenters. The summed E-state index contributed by atoms with van der Waals surface area (Å²) >= 11 is 0. The molecule has 0 saturated carbocycles. The van der Waals surface area contributed by atoms with E-state index in [0.717, 1.165) is 11.1 Å². The third-order valence-electron chi connectivity index (χ3n) is 5.45. The Morgan fingerprint density at radius 3 is 2.76 bits per heavy atom. The molecule has 6 nitrogen and oxygen atoms in total. The number of fused-ring (bicyclic) bond motifs is 2. The lowest BCUT2D eigenvalue weighted by atomic mass is 9.86. The van der Waals surface area contributed by atoms with Crippen LogP contribution in [0.25, 0.3) is 11.0 Å². The van der Waals surface area contributed by atoms with Gasteiger partial charge in [-0.25, -0.2) is 0 Å². The van der Waals surface area contributed by atoms with E-state index in [0.29, 0.717) is 24.1 Å². The highest BCUT2D eigenvalue weighted by molar-refractivity contribution is 5.93. The fourth-order valence-electron chi connectivity index (χ4n) is 4.03. The van der Waals surface area contributed by atoms with Crippen LogP contribution in [0.4, 0.5) is 0 Å². The zero-order valence-corrected chi connectivity index (χ0v) is 15.9. The lowest BCUT2D eigenvalue weighted by Crippen LogP contribution is -2.38. The number of carbonyl (C=O) groups is 1. The number of aryl methyl sites for hydroxylation is 1. The molecule has 29 heavy (non-hydrogen) atoms. The Labute approximate surface area is 167 Å². The van der Waals surface area contributed by atoms with Crippen LogP contribution in [0, 0.1) is 0 Å². The molecule has 4 aromatic rings. The molecule has 1 amide bonds. The van der Waals surface area contributed by atoms with Gasteiger partial charge in [0.1, 0.15) is 5.58 Å². The number of amides is 1. The molecule has 0 spiro atoms. The first kappa shape index (κ1) is 17.4. The van der Waals surface area contributed by atoms with E-state index in [1.165, 1.54) is 11.6 Å². The minimum atomic E-state index is -0.281. The Bertz CT molecular complexity index is 1290. The molecule has 2 aromatic heterocycles. The molecule has 1 atom stereocenters. The Kier molecular flexibility index (Phi) is 4.05. The zero-order valence-electron chi connectivity index (χ0n) is 15.9. The van der Waals surface area contributed by atoms with Gasteiger partial charge in [0.15, 0.2) is 11.2 Å². The second kappa shape index (κ2) is 6.74. The summed E-state index contributed by atoms with van der Waals surface area (Å²) in [7, 11) is 1.88. The van der Waals surface area contributed by atoms with Crippen LogP contribution in [0.3, 0.4) is 0 Å². The van der Waals surface area contributed by atoms with Crippen LogP contribution in [0.15, 0.2) is 76.2 Å². The van der Waals surface area contributed by atoms with Crippen LogP contribution in [-0.4, -0.2) is 27.1 Å². The summed E-state index contributed by atoms with van der Waals surface area (Å²) in [5.41, 5.74) is 3.55. The molecule has 5 rings (SSSR count). The van der Waals surface area contributed by atoms with E-state index in [2.05, 4.69) is 11.2 Å². The summed E-state index contributed by atoms with van der Waals surface area (Å²) in [6.45, 7) is 0.973. The van der Waals surface area contributed by atoms with Crippen LogP contribution >= 0.6 is 0 Å². The van der Waals surface area contributed by atoms with Crippen molar-refractivity contribution < 1.29 is 9.21 Å². The quantitative estimate of drug-likeness (QED) is 0.531. The van der Waals surface area contributed by atoms with Gasteiger partial charge in [-0.3, -0.25) is 14.3 Å². The largest absolute Gasteiger partial charge is 0.451 e. The molecule has 144 valence electrons. The predicted molar refractivity (Wildman–Crippen MR) is 109 cm³/mol. The number of benzene rings is 2. The minimum absolute atomic E-state index is 0.0183. The molecule has 1 aliphatic heterocycles. The normalized spacial score (nSPS) is 16.0. The summed E-state index contributed by atoms with van der Waals surface area (Å²) < 4.78 is 7.55. The van der Waals surface area contributed by atoms with Crippen LogP contribution in [0.2, 0.25) is 0 Å². The van der Waals surface area contributed by atoms with Crippen LogP contribution in [0.1, 0.15) is 33.2 Å². The van der Waals surface area contributed by atoms with Crippen molar-refractivity contribution in [3.8, 4) is 0 Å². The molecule has 0 bridgehead atoms. The average Bonchev–Trinajstić information content (AvgIpc) is 3.18.